The van der Waals surface area contributed by atoms with E-state index in [0.29, 0.717) is 24.5 Å². The highest BCUT2D eigenvalue weighted by molar-refractivity contribution is 7.92. The van der Waals surface area contributed by atoms with Crippen molar-refractivity contribution < 1.29 is 8.42 Å². The molecule has 0 radical (unpaired) electrons. The van der Waals surface area contributed by atoms with Gasteiger partial charge in [0.1, 0.15) is 0 Å². The van der Waals surface area contributed by atoms with E-state index >= 15 is 0 Å². The normalized spacial score (nSPS) is 11.6. The Hall–Kier alpha value is -2.05. The zero-order valence-corrected chi connectivity index (χ0v) is 14.3. The molecule has 0 saturated carbocycles. The topological polar surface area (TPSA) is 66.6 Å². The Bertz CT molecular complexity index is 715. The van der Waals surface area contributed by atoms with Crippen LogP contribution in [0.3, 0.4) is 0 Å². The van der Waals surface area contributed by atoms with Crippen LogP contribution in [0.4, 0.5) is 11.4 Å². The van der Waals surface area contributed by atoms with Crippen molar-refractivity contribution in [2.24, 2.45) is 0 Å². The van der Waals surface area contributed by atoms with Gasteiger partial charge in [0.2, 0.25) is 10.0 Å². The second-order valence-corrected chi connectivity index (χ2v) is 7.56. The third-order valence-corrected chi connectivity index (χ3v) is 4.76. The molecule has 0 fully saturated rings. The fourth-order valence-corrected chi connectivity index (χ4v) is 3.28. The monoisotopic (exact) mass is 333 g/mol. The van der Waals surface area contributed by atoms with Crippen molar-refractivity contribution in [3.05, 3.63) is 60.2 Å². The molecule has 124 valence electrons. The zero-order chi connectivity index (χ0) is 16.9. The first-order valence-corrected chi connectivity index (χ1v) is 9.27. The van der Waals surface area contributed by atoms with Crippen LogP contribution in [0, 0.1) is 0 Å². The van der Waals surface area contributed by atoms with E-state index in [-0.39, 0.29) is 0 Å². The predicted molar refractivity (Wildman–Crippen MR) is 95.8 cm³/mol. The maximum atomic E-state index is 12.1. The van der Waals surface area contributed by atoms with Crippen LogP contribution >= 0.6 is 0 Å². The van der Waals surface area contributed by atoms with Gasteiger partial charge < -0.3 is 10.6 Å². The van der Waals surface area contributed by atoms with Gasteiger partial charge in [0.25, 0.3) is 0 Å². The average Bonchev–Trinajstić information content (AvgIpc) is 2.49. The van der Waals surface area contributed by atoms with Gasteiger partial charge in [-0.05, 0) is 36.9 Å². The first kappa shape index (κ1) is 17.3. The molecule has 5 nitrogen and oxygen atoms in total. The van der Waals surface area contributed by atoms with E-state index < -0.39 is 10.0 Å². The maximum absolute atomic E-state index is 12.1. The van der Waals surface area contributed by atoms with Crippen molar-refractivity contribution in [1.29, 1.82) is 0 Å². The van der Waals surface area contributed by atoms with E-state index in [1.807, 2.05) is 25.2 Å². The van der Waals surface area contributed by atoms with Crippen LogP contribution in [0.1, 0.15) is 5.56 Å². The minimum absolute atomic E-state index is 0.395. The van der Waals surface area contributed by atoms with E-state index in [1.165, 1.54) is 16.1 Å². The third-order valence-electron chi connectivity index (χ3n) is 3.56. The number of nitrogen functional groups attached to an aromatic ring is 1. The highest BCUT2D eigenvalue weighted by atomic mass is 32.2. The molecule has 0 aromatic heterocycles. The second-order valence-electron chi connectivity index (χ2n) is 5.65. The van der Waals surface area contributed by atoms with Crippen molar-refractivity contribution in [2.45, 2.75) is 6.54 Å². The zero-order valence-electron chi connectivity index (χ0n) is 13.5. The van der Waals surface area contributed by atoms with Crippen LogP contribution < -0.4 is 10.0 Å². The predicted octanol–water partition coefficient (Wildman–Crippen LogP) is 2.17. The van der Waals surface area contributed by atoms with Gasteiger partial charge in [-0.1, -0.05) is 30.3 Å². The van der Waals surface area contributed by atoms with E-state index in [1.54, 1.807) is 24.3 Å². The van der Waals surface area contributed by atoms with Crippen LogP contribution in [-0.4, -0.2) is 39.7 Å². The molecule has 0 bridgehead atoms. The number of benzene rings is 2. The highest BCUT2D eigenvalue weighted by Crippen LogP contribution is 2.19. The summed E-state index contributed by atoms with van der Waals surface area (Å²) in [5.41, 5.74) is 8.12. The number of nitrogens with two attached hydrogens (primary N) is 1. The Morgan fingerprint density at radius 1 is 0.957 bits per heavy atom. The first-order chi connectivity index (χ1) is 10.9. The lowest BCUT2D eigenvalue weighted by Gasteiger charge is -2.25. The summed E-state index contributed by atoms with van der Waals surface area (Å²) < 4.78 is 25.5. The molecule has 0 heterocycles. The lowest BCUT2D eigenvalue weighted by molar-refractivity contribution is 0.336. The standard InChI is InChI=1S/C17H23N3O2S/c1-19(14-15-6-4-3-5-7-15)12-13-20(23(2,21)22)17-10-8-16(18)9-11-17/h3-11H,12-14,18H2,1-2H3. The maximum Gasteiger partial charge on any atom is 0.232 e. The van der Waals surface area contributed by atoms with Crippen molar-refractivity contribution in [2.75, 3.05) is 36.4 Å². The summed E-state index contributed by atoms with van der Waals surface area (Å²) >= 11 is 0. The van der Waals surface area contributed by atoms with Gasteiger partial charge in [-0.2, -0.15) is 0 Å². The molecule has 2 N–H and O–H groups in total. The number of hydrogen-bond acceptors (Lipinski definition) is 4. The van der Waals surface area contributed by atoms with Crippen LogP contribution in [0.25, 0.3) is 0 Å². The molecule has 0 spiro atoms. The summed E-state index contributed by atoms with van der Waals surface area (Å²) in [6.45, 7) is 1.80. The van der Waals surface area contributed by atoms with Gasteiger partial charge in [-0.3, -0.25) is 4.31 Å². The number of rotatable bonds is 7. The molecule has 23 heavy (non-hydrogen) atoms. The van der Waals surface area contributed by atoms with Crippen LogP contribution in [0.15, 0.2) is 54.6 Å². The number of anilines is 2. The van der Waals surface area contributed by atoms with Gasteiger partial charge in [0.05, 0.1) is 11.9 Å². The molecule has 2 rings (SSSR count). The summed E-state index contributed by atoms with van der Waals surface area (Å²) in [5.74, 6) is 0. The average molecular weight is 333 g/mol. The van der Waals surface area contributed by atoms with Gasteiger partial charge in [0.15, 0.2) is 0 Å². The summed E-state index contributed by atoms with van der Waals surface area (Å²) in [6, 6.07) is 17.0. The Labute approximate surface area is 138 Å². The third kappa shape index (κ3) is 5.26. The number of nitrogens with zero attached hydrogens (tertiary/aromatic N) is 2. The molecule has 2 aromatic rings. The fourth-order valence-electron chi connectivity index (χ4n) is 2.36. The molecule has 0 aliphatic carbocycles. The van der Waals surface area contributed by atoms with Crippen LogP contribution in [0.5, 0.6) is 0 Å². The van der Waals surface area contributed by atoms with Gasteiger partial charge >= 0.3 is 0 Å². The molecule has 0 unspecified atom stereocenters. The van der Waals surface area contributed by atoms with Crippen molar-refractivity contribution >= 4 is 21.4 Å². The smallest absolute Gasteiger partial charge is 0.232 e. The van der Waals surface area contributed by atoms with Gasteiger partial charge in [-0.25, -0.2) is 8.42 Å². The Morgan fingerprint density at radius 2 is 1.57 bits per heavy atom. The summed E-state index contributed by atoms with van der Waals surface area (Å²) in [4.78, 5) is 2.10. The van der Waals surface area contributed by atoms with E-state index in [2.05, 4.69) is 17.0 Å². The lowest BCUT2D eigenvalue weighted by atomic mass is 10.2. The molecular formula is C17H23N3O2S. The highest BCUT2D eigenvalue weighted by Gasteiger charge is 2.17. The van der Waals surface area contributed by atoms with Crippen molar-refractivity contribution in [3.63, 3.8) is 0 Å². The minimum Gasteiger partial charge on any atom is -0.399 e. The van der Waals surface area contributed by atoms with Crippen LogP contribution in [-0.2, 0) is 16.6 Å². The Balaban J connectivity index is 2.03. The van der Waals surface area contributed by atoms with Crippen molar-refractivity contribution in [3.8, 4) is 0 Å². The number of hydrogen-bond donors (Lipinski definition) is 1. The number of sulfonamides is 1. The molecule has 0 atom stereocenters. The summed E-state index contributed by atoms with van der Waals surface area (Å²) in [7, 11) is -1.35. The van der Waals surface area contributed by atoms with E-state index in [9.17, 15) is 8.42 Å². The Kier molecular flexibility index (Phi) is 5.63. The fraction of sp³-hybridized carbons (Fsp3) is 0.294. The molecular weight excluding hydrogens is 310 g/mol. The molecule has 6 heteroatoms. The number of likely N-dealkylation sites (N-methyl/N-ethyl adjacent to an activating group) is 1. The minimum atomic E-state index is -3.33. The van der Waals surface area contributed by atoms with Crippen molar-refractivity contribution in [1.82, 2.24) is 4.90 Å². The molecule has 2 aromatic carbocycles. The molecule has 0 aliphatic heterocycles. The second kappa shape index (κ2) is 7.48. The van der Waals surface area contributed by atoms with Gasteiger partial charge in [0, 0.05) is 25.3 Å². The Morgan fingerprint density at radius 3 is 2.13 bits per heavy atom. The van der Waals surface area contributed by atoms with E-state index in [4.69, 9.17) is 5.73 Å². The SMILES string of the molecule is CN(CCN(c1ccc(N)cc1)S(C)(=O)=O)Cc1ccccc1. The quantitative estimate of drug-likeness (QED) is 0.789. The summed E-state index contributed by atoms with van der Waals surface area (Å²) in [5, 5.41) is 0. The summed E-state index contributed by atoms with van der Waals surface area (Å²) in [6.07, 6.45) is 1.22. The van der Waals surface area contributed by atoms with Gasteiger partial charge in [-0.15, -0.1) is 0 Å². The molecule has 0 saturated heterocycles. The van der Waals surface area contributed by atoms with E-state index in [0.717, 1.165) is 6.54 Å². The largest absolute Gasteiger partial charge is 0.399 e. The molecule has 0 amide bonds. The molecule has 0 aliphatic rings. The lowest BCUT2D eigenvalue weighted by Crippen LogP contribution is -2.36. The first-order valence-electron chi connectivity index (χ1n) is 7.42. The van der Waals surface area contributed by atoms with Crippen LogP contribution in [0.2, 0.25) is 0 Å².